The predicted molar refractivity (Wildman–Crippen MR) is 157 cm³/mol. The van der Waals surface area contributed by atoms with Gasteiger partial charge in [-0.1, -0.05) is 24.3 Å². The number of hydrogen-bond acceptors (Lipinski definition) is 7. The molecule has 3 aliphatic rings. The minimum atomic E-state index is -4.54. The van der Waals surface area contributed by atoms with Crippen molar-refractivity contribution >= 4 is 15.8 Å². The number of benzene rings is 3. The molecule has 1 aliphatic carbocycles. The Balaban J connectivity index is 1.20. The van der Waals surface area contributed by atoms with Crippen LogP contribution in [-0.2, 0) is 32.0 Å². The highest BCUT2D eigenvalue weighted by atomic mass is 32.2. The van der Waals surface area contributed by atoms with Gasteiger partial charge in [-0.15, -0.1) is 0 Å². The summed E-state index contributed by atoms with van der Waals surface area (Å²) in [6.07, 6.45) is -2.73. The van der Waals surface area contributed by atoms with E-state index < -0.39 is 27.7 Å². The normalized spacial score (nSPS) is 20.8. The van der Waals surface area contributed by atoms with Crippen LogP contribution in [-0.4, -0.2) is 46.2 Å². The third-order valence-electron chi connectivity index (χ3n) is 8.74. The third-order valence-corrected chi connectivity index (χ3v) is 10.5. The van der Waals surface area contributed by atoms with E-state index in [0.29, 0.717) is 72.8 Å². The van der Waals surface area contributed by atoms with Gasteiger partial charge in [-0.3, -0.25) is 4.79 Å². The van der Waals surface area contributed by atoms with Gasteiger partial charge in [-0.2, -0.15) is 13.2 Å². The summed E-state index contributed by atoms with van der Waals surface area (Å²) in [7, 11) is -1.62. The van der Waals surface area contributed by atoms with Crippen LogP contribution in [0, 0.1) is 5.92 Å². The van der Waals surface area contributed by atoms with Crippen LogP contribution in [0.25, 0.3) is 11.1 Å². The van der Waals surface area contributed by atoms with Crippen LogP contribution in [0.2, 0.25) is 0 Å². The van der Waals surface area contributed by atoms with Crippen LogP contribution >= 0.6 is 0 Å². The van der Waals surface area contributed by atoms with E-state index in [0.717, 1.165) is 11.6 Å². The summed E-state index contributed by atoms with van der Waals surface area (Å²) in [5.41, 5.74) is 2.10. The van der Waals surface area contributed by atoms with Crippen molar-refractivity contribution in [1.29, 1.82) is 0 Å². The number of carbonyl (C=O) groups excluding carboxylic acids is 1. The average molecular weight is 631 g/mol. The molecular weight excluding hydrogens is 597 g/mol. The molecule has 1 fully saturated rings. The monoisotopic (exact) mass is 630 g/mol. The summed E-state index contributed by atoms with van der Waals surface area (Å²) < 4.78 is 88.8. The van der Waals surface area contributed by atoms with Crippen molar-refractivity contribution in [2.75, 3.05) is 31.8 Å². The molecule has 0 N–H and O–H groups in total. The van der Waals surface area contributed by atoms with E-state index in [4.69, 9.17) is 18.9 Å². The Hall–Kier alpha value is -3.73. The zero-order valence-corrected chi connectivity index (χ0v) is 25.0. The predicted octanol–water partition coefficient (Wildman–Crippen LogP) is 6.68. The number of sulfone groups is 1. The van der Waals surface area contributed by atoms with E-state index in [1.54, 1.807) is 36.4 Å². The van der Waals surface area contributed by atoms with Crippen molar-refractivity contribution in [3.8, 4) is 28.4 Å². The second-order valence-corrected chi connectivity index (χ2v) is 13.9. The topological polar surface area (TPSA) is 88.1 Å². The Bertz CT molecular complexity index is 1640. The molecule has 0 unspecified atom stereocenters. The van der Waals surface area contributed by atoms with Crippen LogP contribution in [0.1, 0.15) is 60.0 Å². The Morgan fingerprint density at radius 2 is 1.66 bits per heavy atom. The maximum atomic E-state index is 14.2. The van der Waals surface area contributed by atoms with E-state index >= 15 is 0 Å². The van der Waals surface area contributed by atoms with Gasteiger partial charge in [0.05, 0.1) is 43.8 Å². The zero-order valence-electron chi connectivity index (χ0n) is 24.2. The molecule has 0 amide bonds. The zero-order chi connectivity index (χ0) is 31.1. The van der Waals surface area contributed by atoms with Crippen molar-refractivity contribution in [1.82, 2.24) is 0 Å². The Morgan fingerprint density at radius 3 is 2.36 bits per heavy atom. The lowest BCUT2D eigenvalue weighted by Gasteiger charge is -2.22. The lowest BCUT2D eigenvalue weighted by atomic mass is 9.91. The first-order valence-corrected chi connectivity index (χ1v) is 16.5. The molecule has 0 saturated carbocycles. The van der Waals surface area contributed by atoms with Gasteiger partial charge in [-0.25, -0.2) is 8.42 Å². The Kier molecular flexibility index (Phi) is 8.26. The molecule has 6 rings (SSSR count). The Morgan fingerprint density at radius 1 is 0.955 bits per heavy atom. The molecule has 3 aromatic carbocycles. The van der Waals surface area contributed by atoms with E-state index in [2.05, 4.69) is 0 Å². The number of fused-ring (bicyclic) bond motifs is 2. The van der Waals surface area contributed by atoms with Gasteiger partial charge in [0.15, 0.2) is 0 Å². The highest BCUT2D eigenvalue weighted by molar-refractivity contribution is 7.91. The molecule has 1 saturated heterocycles. The number of halogens is 3. The summed E-state index contributed by atoms with van der Waals surface area (Å²) in [5, 5.41) is 0. The molecule has 234 valence electrons. The lowest BCUT2D eigenvalue weighted by molar-refractivity contribution is -0.141. The second-order valence-electron chi connectivity index (χ2n) is 11.6. The smallest absolute Gasteiger partial charge is 0.417 e. The first-order valence-electron chi connectivity index (χ1n) is 14.7. The summed E-state index contributed by atoms with van der Waals surface area (Å²) in [6, 6.07) is 14.7. The van der Waals surface area contributed by atoms with Gasteiger partial charge in [0.2, 0.25) is 0 Å². The molecule has 0 spiro atoms. The van der Waals surface area contributed by atoms with E-state index in [1.807, 2.05) is 6.07 Å². The van der Waals surface area contributed by atoms with Gasteiger partial charge in [0, 0.05) is 17.5 Å². The number of hydrogen-bond donors (Lipinski definition) is 0. The molecule has 11 heteroatoms. The molecule has 2 atom stereocenters. The fourth-order valence-corrected chi connectivity index (χ4v) is 7.93. The molecule has 2 heterocycles. The van der Waals surface area contributed by atoms with Crippen LogP contribution in [0.5, 0.6) is 17.2 Å². The minimum Gasteiger partial charge on any atom is -0.493 e. The summed E-state index contributed by atoms with van der Waals surface area (Å²) >= 11 is 0. The van der Waals surface area contributed by atoms with E-state index in [9.17, 15) is 26.4 Å². The number of alkyl halides is 3. The van der Waals surface area contributed by atoms with Gasteiger partial charge >= 0.3 is 12.1 Å². The van der Waals surface area contributed by atoms with Crippen molar-refractivity contribution in [2.45, 2.75) is 50.3 Å². The number of rotatable bonds is 8. The molecule has 7 nitrogen and oxygen atoms in total. The maximum Gasteiger partial charge on any atom is 0.417 e. The SMILES string of the molecule is COC(=O)C[C@@H]1COc2cc(O[C@@H]3CCc4c3ccc(C(F)(F)F)c4-c3ccc(OCC4CCS(=O)(=O)CC4)cc3)ccc21. The average Bonchev–Trinajstić information content (AvgIpc) is 3.59. The second kappa shape index (κ2) is 12.0. The fraction of sp³-hybridized carbons (Fsp3) is 0.424. The molecule has 0 aromatic heterocycles. The summed E-state index contributed by atoms with van der Waals surface area (Å²) in [6.45, 7) is 0.723. The molecule has 2 aliphatic heterocycles. The van der Waals surface area contributed by atoms with E-state index in [1.165, 1.54) is 13.2 Å². The quantitative estimate of drug-likeness (QED) is 0.257. The van der Waals surface area contributed by atoms with Crippen molar-refractivity contribution in [3.63, 3.8) is 0 Å². The number of carbonyl (C=O) groups is 1. The fourth-order valence-electron chi connectivity index (χ4n) is 6.34. The first kappa shape index (κ1) is 30.3. The van der Waals surface area contributed by atoms with E-state index in [-0.39, 0.29) is 41.3 Å². The molecule has 3 aromatic rings. The van der Waals surface area contributed by atoms with Crippen LogP contribution in [0.3, 0.4) is 0 Å². The van der Waals surface area contributed by atoms with Crippen LogP contribution < -0.4 is 14.2 Å². The number of esters is 1. The molecule has 44 heavy (non-hydrogen) atoms. The first-order chi connectivity index (χ1) is 21.0. The third kappa shape index (κ3) is 6.38. The van der Waals surface area contributed by atoms with Crippen molar-refractivity contribution < 1.29 is 45.3 Å². The van der Waals surface area contributed by atoms with Gasteiger partial charge in [0.25, 0.3) is 0 Å². The molecule has 0 bridgehead atoms. The standard InChI is InChI=1S/C33H33F3O7S/c1-40-31(37)16-22-19-42-30-17-24(6-7-25(22)30)43-29-11-9-27-26(29)8-10-28(33(34,35)36)32(27)21-2-4-23(5-3-21)41-18-20-12-14-44(38,39)15-13-20/h2-8,10,17,20,22,29H,9,11-16,18-19H2,1H3/t22-,29-/m1/s1. The highest BCUT2D eigenvalue weighted by Crippen LogP contribution is 2.47. The van der Waals surface area contributed by atoms with Crippen molar-refractivity contribution in [2.24, 2.45) is 5.92 Å². The number of ether oxygens (including phenoxy) is 4. The molecule has 0 radical (unpaired) electrons. The molecular formula is C33H33F3O7S. The maximum absolute atomic E-state index is 14.2. The highest BCUT2D eigenvalue weighted by Gasteiger charge is 2.38. The van der Waals surface area contributed by atoms with Gasteiger partial charge < -0.3 is 18.9 Å². The Labute approximate surface area is 254 Å². The minimum absolute atomic E-state index is 0.107. The van der Waals surface area contributed by atoms with Gasteiger partial charge in [-0.05, 0) is 78.1 Å². The lowest BCUT2D eigenvalue weighted by Crippen LogP contribution is -2.26. The van der Waals surface area contributed by atoms with Gasteiger partial charge in [0.1, 0.15) is 33.2 Å². The number of methoxy groups -OCH3 is 1. The summed E-state index contributed by atoms with van der Waals surface area (Å²) in [4.78, 5) is 11.7. The summed E-state index contributed by atoms with van der Waals surface area (Å²) in [5.74, 6) is 1.70. The van der Waals surface area contributed by atoms with Crippen molar-refractivity contribution in [3.05, 3.63) is 76.9 Å². The van der Waals surface area contributed by atoms with Crippen LogP contribution in [0.15, 0.2) is 54.6 Å². The largest absolute Gasteiger partial charge is 0.493 e. The van der Waals surface area contributed by atoms with Crippen LogP contribution in [0.4, 0.5) is 13.2 Å².